The fourth-order valence-corrected chi connectivity index (χ4v) is 2.54. The minimum absolute atomic E-state index is 0.134. The highest BCUT2D eigenvalue weighted by Crippen LogP contribution is 1.97. The van der Waals surface area contributed by atoms with Crippen molar-refractivity contribution in [1.29, 1.82) is 0 Å². The number of carbonyl (C=O) groups is 1. The molecular formula is C18H39N3O2. The second-order valence-electron chi connectivity index (χ2n) is 6.29. The summed E-state index contributed by atoms with van der Waals surface area (Å²) in [4.78, 5) is 13.0. The third-order valence-corrected chi connectivity index (χ3v) is 3.98. The quantitative estimate of drug-likeness (QED) is 0.337. The van der Waals surface area contributed by atoms with Crippen LogP contribution in [-0.2, 0) is 4.79 Å². The Hall–Kier alpha value is -0.650. The molecule has 23 heavy (non-hydrogen) atoms. The van der Waals surface area contributed by atoms with Gasteiger partial charge >= 0.3 is 5.97 Å². The highest BCUT2D eigenvalue weighted by atomic mass is 16.4. The maximum atomic E-state index is 10.9. The molecule has 0 saturated heterocycles. The second kappa shape index (κ2) is 17.7. The molecule has 0 aromatic carbocycles. The topological polar surface area (TPSA) is 64.6 Å². The van der Waals surface area contributed by atoms with E-state index in [0.717, 1.165) is 39.3 Å². The summed E-state index contributed by atoms with van der Waals surface area (Å²) in [6.45, 7) is 9.99. The molecule has 5 heteroatoms. The predicted molar refractivity (Wildman–Crippen MR) is 98.1 cm³/mol. The summed E-state index contributed by atoms with van der Waals surface area (Å²) in [6, 6.07) is 0. The van der Waals surface area contributed by atoms with Crippen LogP contribution >= 0.6 is 0 Å². The molecule has 0 radical (unpaired) electrons. The molecule has 0 aliphatic heterocycles. The van der Waals surface area contributed by atoms with Crippen molar-refractivity contribution in [3.05, 3.63) is 0 Å². The van der Waals surface area contributed by atoms with Crippen LogP contribution in [-0.4, -0.2) is 61.8 Å². The SMILES string of the molecule is CCCCCCNCCN(CCNCCCCCC)CC(=O)O. The van der Waals surface area contributed by atoms with Gasteiger partial charge in [0.05, 0.1) is 6.54 Å². The zero-order valence-electron chi connectivity index (χ0n) is 15.4. The van der Waals surface area contributed by atoms with E-state index in [-0.39, 0.29) is 6.54 Å². The summed E-state index contributed by atoms with van der Waals surface area (Å²) in [5.74, 6) is -0.740. The van der Waals surface area contributed by atoms with Gasteiger partial charge in [0.2, 0.25) is 0 Å². The van der Waals surface area contributed by atoms with Gasteiger partial charge in [-0.2, -0.15) is 0 Å². The van der Waals surface area contributed by atoms with E-state index in [1.54, 1.807) is 0 Å². The van der Waals surface area contributed by atoms with Gasteiger partial charge in [0.1, 0.15) is 0 Å². The molecule has 0 aromatic rings. The van der Waals surface area contributed by atoms with Crippen LogP contribution in [0.25, 0.3) is 0 Å². The summed E-state index contributed by atoms with van der Waals surface area (Å²) in [5, 5.41) is 15.8. The standard InChI is InChI=1S/C18H39N3O2/c1-3-5-7-9-11-19-13-15-21(17-18(22)23)16-14-20-12-10-8-6-4-2/h19-20H,3-17H2,1-2H3,(H,22,23). The predicted octanol–water partition coefficient (Wildman–Crippen LogP) is 2.71. The first-order valence-electron chi connectivity index (χ1n) is 9.56. The van der Waals surface area contributed by atoms with E-state index >= 15 is 0 Å². The maximum absolute atomic E-state index is 10.9. The van der Waals surface area contributed by atoms with Gasteiger partial charge in [0.15, 0.2) is 0 Å². The van der Waals surface area contributed by atoms with E-state index in [0.29, 0.717) is 0 Å². The summed E-state index contributed by atoms with van der Waals surface area (Å²) in [6.07, 6.45) is 10.1. The highest BCUT2D eigenvalue weighted by molar-refractivity contribution is 5.69. The Balaban J connectivity index is 3.62. The number of hydrogen-bond acceptors (Lipinski definition) is 4. The zero-order chi connectivity index (χ0) is 17.2. The van der Waals surface area contributed by atoms with Gasteiger partial charge in [0.25, 0.3) is 0 Å². The van der Waals surface area contributed by atoms with Crippen LogP contribution in [0.3, 0.4) is 0 Å². The molecule has 0 atom stereocenters. The van der Waals surface area contributed by atoms with E-state index < -0.39 is 5.97 Å². The fourth-order valence-electron chi connectivity index (χ4n) is 2.54. The minimum atomic E-state index is -0.740. The molecule has 0 unspecified atom stereocenters. The van der Waals surface area contributed by atoms with Gasteiger partial charge in [-0.1, -0.05) is 52.4 Å². The molecule has 0 aliphatic carbocycles. The van der Waals surface area contributed by atoms with Crippen LogP contribution in [0.4, 0.5) is 0 Å². The van der Waals surface area contributed by atoms with Crippen molar-refractivity contribution >= 4 is 5.97 Å². The van der Waals surface area contributed by atoms with E-state index in [2.05, 4.69) is 24.5 Å². The molecule has 3 N–H and O–H groups in total. The van der Waals surface area contributed by atoms with E-state index in [9.17, 15) is 4.79 Å². The lowest BCUT2D eigenvalue weighted by molar-refractivity contribution is -0.138. The Morgan fingerprint density at radius 2 is 1.26 bits per heavy atom. The van der Waals surface area contributed by atoms with Crippen LogP contribution in [0, 0.1) is 0 Å². The van der Waals surface area contributed by atoms with E-state index in [4.69, 9.17) is 5.11 Å². The normalized spacial score (nSPS) is 11.3. The number of rotatable bonds is 18. The van der Waals surface area contributed by atoms with Crippen LogP contribution in [0.15, 0.2) is 0 Å². The number of hydrogen-bond donors (Lipinski definition) is 3. The van der Waals surface area contributed by atoms with Crippen molar-refractivity contribution in [1.82, 2.24) is 15.5 Å². The lowest BCUT2D eigenvalue weighted by atomic mass is 10.2. The van der Waals surface area contributed by atoms with Crippen molar-refractivity contribution in [3.8, 4) is 0 Å². The number of unbranched alkanes of at least 4 members (excludes halogenated alkanes) is 6. The smallest absolute Gasteiger partial charge is 0.317 e. The van der Waals surface area contributed by atoms with Gasteiger partial charge in [-0.05, 0) is 25.9 Å². The number of nitrogens with zero attached hydrogens (tertiary/aromatic N) is 1. The second-order valence-corrected chi connectivity index (χ2v) is 6.29. The van der Waals surface area contributed by atoms with Gasteiger partial charge < -0.3 is 15.7 Å². The number of carboxylic acids is 1. The Bertz CT molecular complexity index is 245. The molecule has 0 saturated carbocycles. The molecule has 0 aromatic heterocycles. The Morgan fingerprint density at radius 3 is 1.65 bits per heavy atom. The minimum Gasteiger partial charge on any atom is -0.480 e. The van der Waals surface area contributed by atoms with Crippen molar-refractivity contribution in [2.45, 2.75) is 65.2 Å². The van der Waals surface area contributed by atoms with Crippen LogP contribution in [0.1, 0.15) is 65.2 Å². The lowest BCUT2D eigenvalue weighted by Gasteiger charge is -2.20. The molecule has 0 fully saturated rings. The van der Waals surface area contributed by atoms with Crippen LogP contribution < -0.4 is 10.6 Å². The fraction of sp³-hybridized carbons (Fsp3) is 0.944. The summed E-state index contributed by atoms with van der Waals surface area (Å²) < 4.78 is 0. The summed E-state index contributed by atoms with van der Waals surface area (Å²) >= 11 is 0. The highest BCUT2D eigenvalue weighted by Gasteiger charge is 2.08. The molecule has 5 nitrogen and oxygen atoms in total. The molecule has 0 spiro atoms. The molecule has 0 aliphatic rings. The number of nitrogens with one attached hydrogen (secondary N) is 2. The van der Waals surface area contributed by atoms with Crippen LogP contribution in [0.2, 0.25) is 0 Å². The largest absolute Gasteiger partial charge is 0.480 e. The maximum Gasteiger partial charge on any atom is 0.317 e. The molecular weight excluding hydrogens is 290 g/mol. The average molecular weight is 330 g/mol. The monoisotopic (exact) mass is 329 g/mol. The van der Waals surface area contributed by atoms with Gasteiger partial charge in [-0.3, -0.25) is 9.69 Å². The van der Waals surface area contributed by atoms with Crippen LogP contribution in [0.5, 0.6) is 0 Å². The number of aliphatic carboxylic acids is 1. The van der Waals surface area contributed by atoms with Crippen molar-refractivity contribution in [3.63, 3.8) is 0 Å². The van der Waals surface area contributed by atoms with Gasteiger partial charge in [0, 0.05) is 26.2 Å². The molecule has 0 amide bonds. The molecule has 0 rings (SSSR count). The van der Waals surface area contributed by atoms with E-state index in [1.807, 2.05) is 4.90 Å². The zero-order valence-corrected chi connectivity index (χ0v) is 15.4. The van der Waals surface area contributed by atoms with Gasteiger partial charge in [-0.15, -0.1) is 0 Å². The number of carboxylic acid groups (broad SMARTS) is 1. The van der Waals surface area contributed by atoms with Gasteiger partial charge in [-0.25, -0.2) is 0 Å². The van der Waals surface area contributed by atoms with E-state index in [1.165, 1.54) is 51.4 Å². The molecule has 0 heterocycles. The first-order chi connectivity index (χ1) is 11.2. The first-order valence-corrected chi connectivity index (χ1v) is 9.56. The summed E-state index contributed by atoms with van der Waals surface area (Å²) in [5.41, 5.74) is 0. The Labute approximate surface area is 143 Å². The Morgan fingerprint density at radius 1 is 0.783 bits per heavy atom. The Kier molecular flexibility index (Phi) is 17.2. The van der Waals surface area contributed by atoms with Crippen molar-refractivity contribution in [2.75, 3.05) is 45.8 Å². The third-order valence-electron chi connectivity index (χ3n) is 3.98. The molecule has 138 valence electrons. The van der Waals surface area contributed by atoms with Crippen molar-refractivity contribution in [2.24, 2.45) is 0 Å². The average Bonchev–Trinajstić information content (AvgIpc) is 2.52. The lowest BCUT2D eigenvalue weighted by Crippen LogP contribution is -2.40. The van der Waals surface area contributed by atoms with Crippen molar-refractivity contribution < 1.29 is 9.90 Å². The first kappa shape index (κ1) is 22.4. The third kappa shape index (κ3) is 17.5. The molecule has 0 bridgehead atoms. The summed E-state index contributed by atoms with van der Waals surface area (Å²) in [7, 11) is 0.